The molecule has 0 spiro atoms. The summed E-state index contributed by atoms with van der Waals surface area (Å²) in [6, 6.07) is 20.4. The highest BCUT2D eigenvalue weighted by atomic mass is 79.9. The number of anilines is 1. The average molecular weight is 595 g/mol. The number of aromatic nitrogens is 1. The Hall–Kier alpha value is -2.74. The molecule has 0 unspecified atom stereocenters. The van der Waals surface area contributed by atoms with Crippen molar-refractivity contribution < 1.29 is 4.79 Å². The number of carbonyl (C=O) groups is 1. The first-order valence-electron chi connectivity index (χ1n) is 10.8. The van der Waals surface area contributed by atoms with Crippen molar-refractivity contribution >= 4 is 77.8 Å². The number of nitrogens with zero attached hydrogens (tertiary/aromatic N) is 2. The molecule has 4 aromatic rings. The number of halogens is 2. The van der Waals surface area contributed by atoms with Crippen LogP contribution in [0.5, 0.6) is 0 Å². The van der Waals surface area contributed by atoms with Gasteiger partial charge in [-0.2, -0.15) is 0 Å². The monoisotopic (exact) mass is 593 g/mol. The van der Waals surface area contributed by atoms with Gasteiger partial charge in [-0.15, -0.1) is 0 Å². The fourth-order valence-corrected chi connectivity index (χ4v) is 5.04. The maximum atomic E-state index is 13.3. The van der Waals surface area contributed by atoms with E-state index < -0.39 is 0 Å². The van der Waals surface area contributed by atoms with Gasteiger partial charge in [-0.1, -0.05) is 50.1 Å². The molecule has 7 heteroatoms. The summed E-state index contributed by atoms with van der Waals surface area (Å²) in [6.45, 7) is 4.81. The van der Waals surface area contributed by atoms with E-state index in [1.807, 2.05) is 49.4 Å². The number of nitrogens with one attached hydrogen (secondary N) is 1. The molecule has 1 aliphatic rings. The SMILES string of the molecule is Cc1ccc(N2C(=O)/C(=C/c3cn(Cc4ccc(Br)cc4)c4ccc(Br)cc34)NC2=S)cc1C. The third-order valence-corrected chi connectivity index (χ3v) is 7.37. The van der Waals surface area contributed by atoms with E-state index >= 15 is 0 Å². The van der Waals surface area contributed by atoms with E-state index in [4.69, 9.17) is 12.2 Å². The van der Waals surface area contributed by atoms with Crippen molar-refractivity contribution in [2.24, 2.45) is 0 Å². The van der Waals surface area contributed by atoms with Gasteiger partial charge in [-0.05, 0) is 91.3 Å². The van der Waals surface area contributed by atoms with E-state index in [-0.39, 0.29) is 5.91 Å². The van der Waals surface area contributed by atoms with Gasteiger partial charge < -0.3 is 9.88 Å². The number of thiocarbonyl (C=S) groups is 1. The molecule has 1 amide bonds. The summed E-state index contributed by atoms with van der Waals surface area (Å²) in [5, 5.41) is 4.57. The Bertz CT molecular complexity index is 1490. The lowest BCUT2D eigenvalue weighted by molar-refractivity contribution is -0.113. The van der Waals surface area contributed by atoms with Gasteiger partial charge in [-0.3, -0.25) is 9.69 Å². The van der Waals surface area contributed by atoms with E-state index in [1.54, 1.807) is 4.90 Å². The Kier molecular flexibility index (Phi) is 6.18. The molecular formula is C27H21Br2N3OS. The lowest BCUT2D eigenvalue weighted by Crippen LogP contribution is -2.30. The van der Waals surface area contributed by atoms with Gasteiger partial charge in [0.05, 0.1) is 5.69 Å². The summed E-state index contributed by atoms with van der Waals surface area (Å²) in [5.41, 5.74) is 6.77. The molecule has 4 nitrogen and oxygen atoms in total. The first kappa shape index (κ1) is 23.0. The van der Waals surface area contributed by atoms with Crippen LogP contribution in [0.2, 0.25) is 0 Å². The molecule has 0 atom stereocenters. The quantitative estimate of drug-likeness (QED) is 0.202. The predicted molar refractivity (Wildman–Crippen MR) is 150 cm³/mol. The van der Waals surface area contributed by atoms with Gasteiger partial charge in [-0.25, -0.2) is 0 Å². The molecule has 0 aliphatic carbocycles. The van der Waals surface area contributed by atoms with E-state index in [1.165, 1.54) is 11.1 Å². The Morgan fingerprint density at radius 3 is 2.41 bits per heavy atom. The number of carbonyl (C=O) groups excluding carboxylic acids is 1. The molecule has 0 saturated carbocycles. The van der Waals surface area contributed by atoms with Crippen LogP contribution in [0.1, 0.15) is 22.3 Å². The van der Waals surface area contributed by atoms with Crippen LogP contribution in [-0.4, -0.2) is 15.6 Å². The second-order valence-electron chi connectivity index (χ2n) is 8.40. The lowest BCUT2D eigenvalue weighted by atomic mass is 10.1. The van der Waals surface area contributed by atoms with E-state index in [2.05, 4.69) is 79.1 Å². The lowest BCUT2D eigenvalue weighted by Gasteiger charge is -2.15. The summed E-state index contributed by atoms with van der Waals surface area (Å²) in [4.78, 5) is 14.9. The second kappa shape index (κ2) is 9.13. The molecule has 1 fully saturated rings. The molecule has 1 aromatic heterocycles. The standard InChI is InChI=1S/C27H21Br2N3OS/c1-16-3-9-22(11-17(16)2)32-26(33)24(30-27(32)34)12-19-15-31(14-18-4-6-20(28)7-5-18)25-10-8-21(29)13-23(19)25/h3-13,15H,14H2,1-2H3,(H,30,34)/b24-12-. The molecule has 170 valence electrons. The van der Waals surface area contributed by atoms with Crippen LogP contribution in [0.3, 0.4) is 0 Å². The van der Waals surface area contributed by atoms with Crippen molar-refractivity contribution in [3.63, 3.8) is 0 Å². The molecule has 0 radical (unpaired) electrons. The molecule has 34 heavy (non-hydrogen) atoms. The third-order valence-electron chi connectivity index (χ3n) is 6.07. The maximum absolute atomic E-state index is 13.3. The number of fused-ring (bicyclic) bond motifs is 1. The minimum Gasteiger partial charge on any atom is -0.342 e. The smallest absolute Gasteiger partial charge is 0.281 e. The van der Waals surface area contributed by atoms with Crippen molar-refractivity contribution in [3.05, 3.63) is 104 Å². The van der Waals surface area contributed by atoms with Gasteiger partial charge >= 0.3 is 0 Å². The van der Waals surface area contributed by atoms with Crippen LogP contribution in [0.25, 0.3) is 17.0 Å². The van der Waals surface area contributed by atoms with Crippen LogP contribution < -0.4 is 10.2 Å². The minimum absolute atomic E-state index is 0.156. The van der Waals surface area contributed by atoms with Gasteiger partial charge in [0.25, 0.3) is 5.91 Å². The number of benzene rings is 3. The van der Waals surface area contributed by atoms with Crippen molar-refractivity contribution in [2.75, 3.05) is 4.90 Å². The fourth-order valence-electron chi connectivity index (χ4n) is 4.12. The van der Waals surface area contributed by atoms with Gasteiger partial charge in [0, 0.05) is 38.2 Å². The summed E-state index contributed by atoms with van der Waals surface area (Å²) >= 11 is 12.6. The summed E-state index contributed by atoms with van der Waals surface area (Å²) in [7, 11) is 0. The first-order chi connectivity index (χ1) is 16.3. The normalized spacial score (nSPS) is 14.9. The van der Waals surface area contributed by atoms with Crippen LogP contribution in [0.15, 0.2) is 81.5 Å². The molecule has 1 aliphatic heterocycles. The van der Waals surface area contributed by atoms with E-state index in [9.17, 15) is 4.79 Å². The second-order valence-corrected chi connectivity index (χ2v) is 10.6. The largest absolute Gasteiger partial charge is 0.342 e. The summed E-state index contributed by atoms with van der Waals surface area (Å²) in [6.07, 6.45) is 3.98. The predicted octanol–water partition coefficient (Wildman–Crippen LogP) is 7.09. The molecule has 0 bridgehead atoms. The van der Waals surface area contributed by atoms with Gasteiger partial charge in [0.15, 0.2) is 5.11 Å². The highest BCUT2D eigenvalue weighted by molar-refractivity contribution is 9.10. The first-order valence-corrected chi connectivity index (χ1v) is 12.8. The zero-order chi connectivity index (χ0) is 24.0. The van der Waals surface area contributed by atoms with Crippen LogP contribution >= 0.6 is 44.1 Å². The molecule has 1 saturated heterocycles. The molecule has 3 aromatic carbocycles. The van der Waals surface area contributed by atoms with Crippen LogP contribution in [-0.2, 0) is 11.3 Å². The summed E-state index contributed by atoms with van der Waals surface area (Å²) < 4.78 is 4.24. The van der Waals surface area contributed by atoms with Crippen molar-refractivity contribution in [1.82, 2.24) is 9.88 Å². The number of aryl methyl sites for hydroxylation is 2. The Morgan fingerprint density at radius 2 is 1.68 bits per heavy atom. The number of rotatable bonds is 4. The molecule has 1 N–H and O–H groups in total. The number of hydrogen-bond acceptors (Lipinski definition) is 2. The van der Waals surface area contributed by atoms with Crippen molar-refractivity contribution in [1.29, 1.82) is 0 Å². The Labute approximate surface area is 220 Å². The maximum Gasteiger partial charge on any atom is 0.281 e. The average Bonchev–Trinajstić information content (AvgIpc) is 3.27. The Morgan fingerprint density at radius 1 is 0.941 bits per heavy atom. The highest BCUT2D eigenvalue weighted by Gasteiger charge is 2.32. The van der Waals surface area contributed by atoms with Crippen molar-refractivity contribution in [3.8, 4) is 0 Å². The van der Waals surface area contributed by atoms with Crippen LogP contribution in [0.4, 0.5) is 5.69 Å². The zero-order valence-electron chi connectivity index (χ0n) is 18.6. The molecule has 5 rings (SSSR count). The minimum atomic E-state index is -0.156. The highest BCUT2D eigenvalue weighted by Crippen LogP contribution is 2.30. The Balaban J connectivity index is 1.54. The van der Waals surface area contributed by atoms with Crippen LogP contribution in [0, 0.1) is 13.8 Å². The van der Waals surface area contributed by atoms with Crippen molar-refractivity contribution in [2.45, 2.75) is 20.4 Å². The number of hydrogen-bond donors (Lipinski definition) is 1. The third kappa shape index (κ3) is 4.35. The van der Waals surface area contributed by atoms with Gasteiger partial charge in [0.2, 0.25) is 0 Å². The number of amides is 1. The fraction of sp³-hybridized carbons (Fsp3) is 0.111. The summed E-state index contributed by atoms with van der Waals surface area (Å²) in [5.74, 6) is -0.156. The zero-order valence-corrected chi connectivity index (χ0v) is 22.6. The van der Waals surface area contributed by atoms with Gasteiger partial charge in [0.1, 0.15) is 5.70 Å². The topological polar surface area (TPSA) is 37.3 Å². The molecular weight excluding hydrogens is 574 g/mol. The molecule has 2 heterocycles. The van der Waals surface area contributed by atoms with E-state index in [0.717, 1.165) is 43.2 Å². The van der Waals surface area contributed by atoms with E-state index in [0.29, 0.717) is 10.8 Å².